The van der Waals surface area contributed by atoms with Gasteiger partial charge in [0, 0.05) is 24.6 Å². The molecule has 0 bridgehead atoms. The quantitative estimate of drug-likeness (QED) is 0.430. The first-order valence-corrected chi connectivity index (χ1v) is 7.37. The number of ether oxygens (including phenoxy) is 1. The maximum absolute atomic E-state index is 11.1. The fourth-order valence-electron chi connectivity index (χ4n) is 2.42. The first-order chi connectivity index (χ1) is 10.6. The van der Waals surface area contributed by atoms with Crippen LogP contribution in [0.15, 0.2) is 36.0 Å². The number of carbonyl (C=O) groups excluding carboxylic acids is 2. The molecule has 0 aromatic heterocycles. The van der Waals surface area contributed by atoms with Crippen LogP contribution in [0, 0.1) is 11.8 Å². The summed E-state index contributed by atoms with van der Waals surface area (Å²) < 4.78 is 4.57. The molecule has 118 valence electrons. The Kier molecular flexibility index (Phi) is 7.18. The van der Waals surface area contributed by atoms with E-state index in [1.807, 2.05) is 0 Å². The number of hydrogen-bond donors (Lipinski definition) is 0. The molecule has 1 heterocycles. The molecule has 1 aliphatic heterocycles. The van der Waals surface area contributed by atoms with Crippen molar-refractivity contribution in [2.45, 2.75) is 38.6 Å². The van der Waals surface area contributed by atoms with Gasteiger partial charge in [0.15, 0.2) is 0 Å². The molecule has 1 atom stereocenters. The van der Waals surface area contributed by atoms with Gasteiger partial charge in [-0.2, -0.15) is 0 Å². The second kappa shape index (κ2) is 8.89. The number of nitrogens with zero attached hydrogens (tertiary/aromatic N) is 1. The normalized spacial score (nSPS) is 17.4. The van der Waals surface area contributed by atoms with Gasteiger partial charge in [0.1, 0.15) is 0 Å². The smallest absolute Gasteiger partial charge is 0.306 e. The molecule has 0 spiro atoms. The van der Waals surface area contributed by atoms with Gasteiger partial charge in [-0.1, -0.05) is 38.0 Å². The van der Waals surface area contributed by atoms with E-state index in [2.05, 4.69) is 36.7 Å². The van der Waals surface area contributed by atoms with Crippen LogP contribution in [0.1, 0.15) is 32.6 Å². The maximum atomic E-state index is 11.1. The molecule has 0 fully saturated rings. The zero-order chi connectivity index (χ0) is 16.5. The van der Waals surface area contributed by atoms with Crippen molar-refractivity contribution in [3.05, 3.63) is 36.0 Å². The summed E-state index contributed by atoms with van der Waals surface area (Å²) in [7, 11) is 1.36. The Labute approximate surface area is 132 Å². The number of hydrogen-bond acceptors (Lipinski definition) is 3. The van der Waals surface area contributed by atoms with Gasteiger partial charge < -0.3 is 9.64 Å². The minimum Gasteiger partial charge on any atom is -0.469 e. The molecular weight excluding hydrogens is 278 g/mol. The van der Waals surface area contributed by atoms with Crippen LogP contribution in [0.3, 0.4) is 0 Å². The van der Waals surface area contributed by atoms with E-state index in [-0.39, 0.29) is 18.4 Å². The lowest BCUT2D eigenvalue weighted by Crippen LogP contribution is -2.39. The third kappa shape index (κ3) is 4.63. The molecule has 0 saturated carbocycles. The lowest BCUT2D eigenvalue weighted by atomic mass is 9.89. The van der Waals surface area contributed by atoms with Crippen LogP contribution in [0.2, 0.25) is 0 Å². The molecule has 0 N–H and O–H groups in total. The van der Waals surface area contributed by atoms with Crippen molar-refractivity contribution in [3.63, 3.8) is 0 Å². The molecule has 0 aromatic rings. The van der Waals surface area contributed by atoms with E-state index in [1.54, 1.807) is 11.0 Å². The predicted molar refractivity (Wildman–Crippen MR) is 86.9 cm³/mol. The van der Waals surface area contributed by atoms with Crippen LogP contribution in [0.4, 0.5) is 0 Å². The van der Waals surface area contributed by atoms with E-state index >= 15 is 0 Å². The molecule has 0 radical (unpaired) electrons. The Balaban J connectivity index is 2.83. The van der Waals surface area contributed by atoms with Gasteiger partial charge in [-0.05, 0) is 24.0 Å². The third-order valence-corrected chi connectivity index (χ3v) is 3.79. The second-order valence-corrected chi connectivity index (χ2v) is 5.11. The highest BCUT2D eigenvalue weighted by atomic mass is 16.5. The van der Waals surface area contributed by atoms with Crippen LogP contribution in [0.25, 0.3) is 0 Å². The van der Waals surface area contributed by atoms with E-state index in [1.165, 1.54) is 7.11 Å². The minimum absolute atomic E-state index is 0.171. The Bertz CT molecular complexity index is 548. The van der Waals surface area contributed by atoms with E-state index in [4.69, 9.17) is 0 Å². The summed E-state index contributed by atoms with van der Waals surface area (Å²) >= 11 is 0. The molecule has 4 heteroatoms. The van der Waals surface area contributed by atoms with Gasteiger partial charge in [0.25, 0.3) is 0 Å². The minimum atomic E-state index is -0.267. The molecule has 0 aromatic carbocycles. The fraction of sp³-hybridized carbons (Fsp3) is 0.444. The van der Waals surface area contributed by atoms with Gasteiger partial charge in [-0.15, -0.1) is 0 Å². The molecule has 0 saturated heterocycles. The molecule has 4 nitrogen and oxygen atoms in total. The monoisotopic (exact) mass is 301 g/mol. The summed E-state index contributed by atoms with van der Waals surface area (Å²) in [6.45, 7) is 10.5. The standard InChI is InChI=1S/C18H23NO3/c1-5-15-12-19(13-20)16(6-2)11-17(15)14(3)9-7-8-10-18(21)22-4/h5,13,16H,1,3,6,8,10-12H2,2,4H3. The second-order valence-electron chi connectivity index (χ2n) is 5.11. The summed E-state index contributed by atoms with van der Waals surface area (Å²) in [5.74, 6) is 5.69. The topological polar surface area (TPSA) is 46.6 Å². The van der Waals surface area contributed by atoms with Crippen molar-refractivity contribution >= 4 is 12.4 Å². The first kappa shape index (κ1) is 17.8. The van der Waals surface area contributed by atoms with Crippen LogP contribution in [0.5, 0.6) is 0 Å². The fourth-order valence-corrected chi connectivity index (χ4v) is 2.42. The Morgan fingerprint density at radius 1 is 1.55 bits per heavy atom. The largest absolute Gasteiger partial charge is 0.469 e. The van der Waals surface area contributed by atoms with Crippen LogP contribution >= 0.6 is 0 Å². The molecule has 22 heavy (non-hydrogen) atoms. The summed E-state index contributed by atoms with van der Waals surface area (Å²) in [6.07, 6.45) is 5.00. The highest BCUT2D eigenvalue weighted by Gasteiger charge is 2.25. The number of carbonyl (C=O) groups is 2. The van der Waals surface area contributed by atoms with E-state index in [9.17, 15) is 9.59 Å². The average Bonchev–Trinajstić information content (AvgIpc) is 2.56. The highest BCUT2D eigenvalue weighted by Crippen LogP contribution is 2.28. The van der Waals surface area contributed by atoms with Crippen molar-refractivity contribution in [2.75, 3.05) is 13.7 Å². The molecule has 1 unspecified atom stereocenters. The van der Waals surface area contributed by atoms with E-state index < -0.39 is 0 Å². The lowest BCUT2D eigenvalue weighted by Gasteiger charge is -2.34. The van der Waals surface area contributed by atoms with Gasteiger partial charge in [-0.25, -0.2) is 0 Å². The Morgan fingerprint density at radius 3 is 2.82 bits per heavy atom. The van der Waals surface area contributed by atoms with Crippen molar-refractivity contribution in [2.24, 2.45) is 0 Å². The van der Waals surface area contributed by atoms with Gasteiger partial charge >= 0.3 is 5.97 Å². The highest BCUT2D eigenvalue weighted by molar-refractivity contribution is 5.69. The number of esters is 1. The maximum Gasteiger partial charge on any atom is 0.306 e. The average molecular weight is 301 g/mol. The SMILES string of the molecule is C=CC1=C(C(=C)C#CCCC(=O)OC)CC(CC)N(C=O)C1. The zero-order valence-electron chi connectivity index (χ0n) is 13.4. The van der Waals surface area contributed by atoms with E-state index in [0.29, 0.717) is 13.0 Å². The summed E-state index contributed by atoms with van der Waals surface area (Å²) in [5, 5.41) is 0. The van der Waals surface area contributed by atoms with Crippen LogP contribution in [-0.4, -0.2) is 37.0 Å². The van der Waals surface area contributed by atoms with Crippen molar-refractivity contribution in [1.82, 2.24) is 4.90 Å². The third-order valence-electron chi connectivity index (χ3n) is 3.79. The number of rotatable bonds is 6. The van der Waals surface area contributed by atoms with E-state index in [0.717, 1.165) is 36.0 Å². The predicted octanol–water partition coefficient (Wildman–Crippen LogP) is 2.62. The van der Waals surface area contributed by atoms with Crippen molar-refractivity contribution in [3.8, 4) is 11.8 Å². The molecule has 1 amide bonds. The number of methoxy groups -OCH3 is 1. The van der Waals surface area contributed by atoms with Crippen LogP contribution < -0.4 is 0 Å². The van der Waals surface area contributed by atoms with Crippen LogP contribution in [-0.2, 0) is 14.3 Å². The summed E-state index contributed by atoms with van der Waals surface area (Å²) in [5.41, 5.74) is 2.79. The Hall–Kier alpha value is -2.28. The molecule has 0 aliphatic carbocycles. The summed E-state index contributed by atoms with van der Waals surface area (Å²) in [6, 6.07) is 0.171. The zero-order valence-corrected chi connectivity index (χ0v) is 13.4. The molecule has 1 rings (SSSR count). The molecular formula is C18H23NO3. The lowest BCUT2D eigenvalue weighted by molar-refractivity contribution is -0.140. The first-order valence-electron chi connectivity index (χ1n) is 7.37. The van der Waals surface area contributed by atoms with Crippen molar-refractivity contribution < 1.29 is 14.3 Å². The summed E-state index contributed by atoms with van der Waals surface area (Å²) in [4.78, 5) is 24.0. The number of amides is 1. The number of allylic oxidation sites excluding steroid dienone is 1. The van der Waals surface area contributed by atoms with Gasteiger partial charge in [0.2, 0.25) is 6.41 Å². The Morgan fingerprint density at radius 2 is 2.27 bits per heavy atom. The molecule has 1 aliphatic rings. The van der Waals surface area contributed by atoms with Gasteiger partial charge in [-0.3, -0.25) is 9.59 Å². The van der Waals surface area contributed by atoms with Gasteiger partial charge in [0.05, 0.1) is 13.5 Å². The van der Waals surface area contributed by atoms with Crippen molar-refractivity contribution in [1.29, 1.82) is 0 Å².